The summed E-state index contributed by atoms with van der Waals surface area (Å²) in [6.45, 7) is 2.91. The van der Waals surface area contributed by atoms with Crippen LogP contribution in [0.4, 0.5) is 0 Å². The van der Waals surface area contributed by atoms with Crippen molar-refractivity contribution in [2.24, 2.45) is 0 Å². The molecule has 29 heavy (non-hydrogen) atoms. The number of rotatable bonds is 5. The molecule has 1 aromatic carbocycles. The number of aromatic nitrogens is 2. The predicted octanol–water partition coefficient (Wildman–Crippen LogP) is 3.45. The van der Waals surface area contributed by atoms with E-state index in [-0.39, 0.29) is 11.5 Å². The van der Waals surface area contributed by atoms with Gasteiger partial charge in [0.1, 0.15) is 0 Å². The fourth-order valence-corrected chi connectivity index (χ4v) is 4.88. The summed E-state index contributed by atoms with van der Waals surface area (Å²) in [4.78, 5) is 25.6. The van der Waals surface area contributed by atoms with Gasteiger partial charge in [-0.15, -0.1) is 0 Å². The number of amides is 1. The van der Waals surface area contributed by atoms with Crippen molar-refractivity contribution < 1.29 is 4.79 Å². The zero-order valence-corrected chi connectivity index (χ0v) is 17.4. The van der Waals surface area contributed by atoms with E-state index in [1.54, 1.807) is 6.07 Å². The summed E-state index contributed by atoms with van der Waals surface area (Å²) >= 11 is 0. The average Bonchev–Trinajstić information content (AvgIpc) is 3.11. The summed E-state index contributed by atoms with van der Waals surface area (Å²) < 4.78 is 1.53. The van der Waals surface area contributed by atoms with Crippen molar-refractivity contribution in [2.75, 3.05) is 6.54 Å². The van der Waals surface area contributed by atoms with E-state index in [0.717, 1.165) is 68.2 Å². The summed E-state index contributed by atoms with van der Waals surface area (Å²) in [5, 5.41) is 7.71. The van der Waals surface area contributed by atoms with E-state index in [9.17, 15) is 9.59 Å². The van der Waals surface area contributed by atoms with Gasteiger partial charge in [0.15, 0.2) is 0 Å². The van der Waals surface area contributed by atoms with Gasteiger partial charge in [0.05, 0.1) is 17.7 Å². The zero-order valence-electron chi connectivity index (χ0n) is 17.4. The Hall–Kier alpha value is -2.43. The van der Waals surface area contributed by atoms with E-state index in [1.807, 2.05) is 0 Å². The van der Waals surface area contributed by atoms with Crippen LogP contribution in [0.3, 0.4) is 0 Å². The van der Waals surface area contributed by atoms with E-state index in [0.29, 0.717) is 13.1 Å². The second-order valence-corrected chi connectivity index (χ2v) is 8.65. The van der Waals surface area contributed by atoms with Gasteiger partial charge in [-0.3, -0.25) is 9.59 Å². The van der Waals surface area contributed by atoms with Crippen molar-refractivity contribution in [2.45, 2.75) is 76.7 Å². The van der Waals surface area contributed by atoms with Gasteiger partial charge < -0.3 is 5.32 Å². The lowest BCUT2D eigenvalue weighted by Gasteiger charge is -2.28. The predicted molar refractivity (Wildman–Crippen MR) is 114 cm³/mol. The molecule has 1 heterocycles. The van der Waals surface area contributed by atoms with Crippen molar-refractivity contribution in [1.29, 1.82) is 0 Å². The third-order valence-electron chi connectivity index (χ3n) is 6.63. The van der Waals surface area contributed by atoms with Gasteiger partial charge in [0.25, 0.3) is 5.56 Å². The smallest absolute Gasteiger partial charge is 0.267 e. The number of hydrogen-bond donors (Lipinski definition) is 1. The number of nitrogens with zero attached hydrogens (tertiary/aromatic N) is 2. The molecule has 0 bridgehead atoms. The molecule has 154 valence electrons. The minimum Gasteiger partial charge on any atom is -0.353 e. The topological polar surface area (TPSA) is 64.0 Å². The molecule has 0 radical (unpaired) electrons. The first kappa shape index (κ1) is 19.9. The minimum atomic E-state index is -0.431. The lowest BCUT2D eigenvalue weighted by atomic mass is 9.77. The van der Waals surface area contributed by atoms with Crippen LogP contribution in [0.25, 0.3) is 0 Å². The molecular weight excluding hydrogens is 362 g/mol. The van der Waals surface area contributed by atoms with Gasteiger partial charge >= 0.3 is 0 Å². The third-order valence-corrected chi connectivity index (χ3v) is 6.63. The van der Waals surface area contributed by atoms with E-state index < -0.39 is 5.41 Å². The molecular formula is C24H31N3O2. The lowest BCUT2D eigenvalue weighted by molar-refractivity contribution is -0.126. The van der Waals surface area contributed by atoms with Crippen LogP contribution in [0, 0.1) is 6.92 Å². The maximum Gasteiger partial charge on any atom is 0.267 e. The lowest BCUT2D eigenvalue weighted by Crippen LogP contribution is -2.44. The normalized spacial score (nSPS) is 18.1. The van der Waals surface area contributed by atoms with Gasteiger partial charge in [-0.25, -0.2) is 4.68 Å². The molecule has 5 nitrogen and oxygen atoms in total. The number of carbonyl (C=O) groups is 1. The highest BCUT2D eigenvalue weighted by molar-refractivity contribution is 5.88. The maximum atomic E-state index is 13.2. The molecule has 2 aromatic rings. The van der Waals surface area contributed by atoms with E-state index in [2.05, 4.69) is 41.6 Å². The van der Waals surface area contributed by atoms with Gasteiger partial charge in [-0.05, 0) is 56.6 Å². The highest BCUT2D eigenvalue weighted by Crippen LogP contribution is 2.41. The van der Waals surface area contributed by atoms with Gasteiger partial charge in [-0.1, -0.05) is 49.1 Å². The second kappa shape index (κ2) is 8.52. The molecule has 1 saturated carbocycles. The number of nitrogens with one attached hydrogen (secondary N) is 1. The van der Waals surface area contributed by atoms with Crippen molar-refractivity contribution in [1.82, 2.24) is 15.1 Å². The molecule has 1 amide bonds. The molecule has 0 atom stereocenters. The maximum absolute atomic E-state index is 13.2. The largest absolute Gasteiger partial charge is 0.353 e. The zero-order chi connectivity index (χ0) is 20.3. The van der Waals surface area contributed by atoms with E-state index >= 15 is 0 Å². The molecule has 5 heteroatoms. The Labute approximate surface area is 172 Å². The van der Waals surface area contributed by atoms with Crippen molar-refractivity contribution in [3.8, 4) is 0 Å². The first-order chi connectivity index (χ1) is 14.1. The standard InChI is InChI=1S/C24H31N3O2/c1-18-9-11-20(12-10-18)24(13-5-6-14-24)23(29)25-15-16-27-22(28)17-19-7-3-2-4-8-21(19)26-27/h9-12,17H,2-8,13-16H2,1H3,(H,25,29). The fourth-order valence-electron chi connectivity index (χ4n) is 4.88. The summed E-state index contributed by atoms with van der Waals surface area (Å²) in [6.07, 6.45) is 9.29. The molecule has 2 aliphatic carbocycles. The molecule has 1 aromatic heterocycles. The van der Waals surface area contributed by atoms with Crippen LogP contribution in [0.5, 0.6) is 0 Å². The van der Waals surface area contributed by atoms with Gasteiger partial charge in [0.2, 0.25) is 5.91 Å². The molecule has 1 fully saturated rings. The molecule has 4 rings (SSSR count). The Morgan fingerprint density at radius 3 is 2.55 bits per heavy atom. The Morgan fingerprint density at radius 1 is 1.07 bits per heavy atom. The molecule has 0 spiro atoms. The molecule has 1 N–H and O–H groups in total. The van der Waals surface area contributed by atoms with Crippen molar-refractivity contribution in [3.05, 3.63) is 63.1 Å². The van der Waals surface area contributed by atoms with Crippen LogP contribution in [-0.2, 0) is 29.6 Å². The fraction of sp³-hybridized carbons (Fsp3) is 0.542. The van der Waals surface area contributed by atoms with Crippen molar-refractivity contribution >= 4 is 5.91 Å². The highest BCUT2D eigenvalue weighted by atomic mass is 16.2. The quantitative estimate of drug-likeness (QED) is 0.792. The Kier molecular flexibility index (Phi) is 5.84. The Morgan fingerprint density at radius 2 is 1.79 bits per heavy atom. The second-order valence-electron chi connectivity index (χ2n) is 8.65. The molecule has 2 aliphatic rings. The first-order valence-electron chi connectivity index (χ1n) is 11.0. The number of aryl methyl sites for hydroxylation is 3. The molecule has 0 aliphatic heterocycles. The summed E-state index contributed by atoms with van der Waals surface area (Å²) in [6, 6.07) is 10.1. The Balaban J connectivity index is 1.45. The average molecular weight is 394 g/mol. The van der Waals surface area contributed by atoms with Gasteiger partial charge in [0, 0.05) is 12.6 Å². The summed E-state index contributed by atoms with van der Waals surface area (Å²) in [5.41, 5.74) is 3.99. The van der Waals surface area contributed by atoms with Crippen LogP contribution in [-0.4, -0.2) is 22.2 Å². The summed E-state index contributed by atoms with van der Waals surface area (Å²) in [5.74, 6) is 0.0849. The number of fused-ring (bicyclic) bond motifs is 1. The van der Waals surface area contributed by atoms with Crippen molar-refractivity contribution in [3.63, 3.8) is 0 Å². The van der Waals surface area contributed by atoms with E-state index in [4.69, 9.17) is 0 Å². The minimum absolute atomic E-state index is 0.0611. The van der Waals surface area contributed by atoms with Crippen LogP contribution in [0.2, 0.25) is 0 Å². The van der Waals surface area contributed by atoms with Crippen LogP contribution >= 0.6 is 0 Å². The highest BCUT2D eigenvalue weighted by Gasteiger charge is 2.42. The van der Waals surface area contributed by atoms with E-state index in [1.165, 1.54) is 16.7 Å². The van der Waals surface area contributed by atoms with Crippen LogP contribution < -0.4 is 10.9 Å². The molecule has 0 unspecified atom stereocenters. The monoisotopic (exact) mass is 393 g/mol. The summed E-state index contributed by atoms with van der Waals surface area (Å²) in [7, 11) is 0. The Bertz CT molecular complexity index is 924. The van der Waals surface area contributed by atoms with Gasteiger partial charge in [-0.2, -0.15) is 5.10 Å². The molecule has 0 saturated heterocycles. The number of carbonyl (C=O) groups excluding carboxylic acids is 1. The first-order valence-corrected chi connectivity index (χ1v) is 11.0. The van der Waals surface area contributed by atoms with Crippen LogP contribution in [0.1, 0.15) is 67.3 Å². The van der Waals surface area contributed by atoms with Crippen LogP contribution in [0.15, 0.2) is 35.1 Å². The third kappa shape index (κ3) is 4.14. The number of benzene rings is 1. The number of hydrogen-bond acceptors (Lipinski definition) is 3. The SMILES string of the molecule is Cc1ccc(C2(C(=O)NCCn3nc4c(cc3=O)CCCCC4)CCCC2)cc1.